The molecule has 1 saturated heterocycles. The molecule has 254 valence electrons. The van der Waals surface area contributed by atoms with Gasteiger partial charge in [-0.05, 0) is 81.6 Å². The number of carbonyl (C=O) groups is 3. The maximum absolute atomic E-state index is 12.7. The Balaban J connectivity index is 0.000000397. The van der Waals surface area contributed by atoms with Crippen LogP contribution in [0.1, 0.15) is 47.2 Å². The van der Waals surface area contributed by atoms with Gasteiger partial charge in [-0.3, -0.25) is 19.4 Å². The summed E-state index contributed by atoms with van der Waals surface area (Å²) in [5, 5.41) is 13.6. The topological polar surface area (TPSA) is 130 Å². The number of nitrogens with zero attached hydrogens (tertiary/aromatic N) is 5. The predicted molar refractivity (Wildman–Crippen MR) is 172 cm³/mol. The van der Waals surface area contributed by atoms with Crippen LogP contribution in [-0.2, 0) is 22.7 Å². The summed E-state index contributed by atoms with van der Waals surface area (Å²) in [6.45, 7) is 0.517. The number of amides is 1. The van der Waals surface area contributed by atoms with Crippen LogP contribution in [0.5, 0.6) is 5.75 Å². The van der Waals surface area contributed by atoms with Crippen LogP contribution in [0.3, 0.4) is 0 Å². The zero-order valence-corrected chi connectivity index (χ0v) is 27.4. The molecule has 3 heterocycles. The van der Waals surface area contributed by atoms with Crippen molar-refractivity contribution in [1.82, 2.24) is 29.9 Å². The second-order valence-electron chi connectivity index (χ2n) is 9.86. The number of methoxy groups -OCH3 is 1. The number of hydrogen-bond donors (Lipinski definition) is 3. The number of hydrogen-bond acceptors (Lipinski definition) is 10. The van der Waals surface area contributed by atoms with Gasteiger partial charge in [0.1, 0.15) is 18.3 Å². The molecule has 1 amide bonds. The van der Waals surface area contributed by atoms with E-state index in [0.29, 0.717) is 30.7 Å². The second-order valence-corrected chi connectivity index (χ2v) is 9.86. The minimum Gasteiger partial charge on any atom is -0.497 e. The summed E-state index contributed by atoms with van der Waals surface area (Å²) in [4.78, 5) is 41.6. The summed E-state index contributed by atoms with van der Waals surface area (Å²) in [5.74, 6) is 0.0291. The van der Waals surface area contributed by atoms with E-state index in [4.69, 9.17) is 9.84 Å². The van der Waals surface area contributed by atoms with E-state index >= 15 is 0 Å². The van der Waals surface area contributed by atoms with Gasteiger partial charge < -0.3 is 20.0 Å². The Morgan fingerprint density at radius 2 is 1.85 bits per heavy atom. The van der Waals surface area contributed by atoms with Gasteiger partial charge in [0.25, 0.3) is 0 Å². The van der Waals surface area contributed by atoms with Crippen LogP contribution < -0.4 is 10.1 Å². The number of likely N-dealkylation sites (tertiary alicyclic amines) is 1. The average Bonchev–Trinajstić information content (AvgIpc) is 3.75. The molecule has 1 aliphatic heterocycles. The Morgan fingerprint density at radius 1 is 1.17 bits per heavy atom. The molecule has 0 saturated carbocycles. The normalized spacial score (nSPS) is 12.9. The fourth-order valence-electron chi connectivity index (χ4n) is 4.57. The molecule has 0 spiro atoms. The first kappa shape index (κ1) is 40.2. The highest BCUT2D eigenvalue weighted by Gasteiger charge is 2.22. The van der Waals surface area contributed by atoms with Crippen LogP contribution in [0, 0.1) is 5.95 Å². The van der Waals surface area contributed by atoms with Crippen molar-refractivity contribution in [2.45, 2.75) is 51.4 Å². The van der Waals surface area contributed by atoms with Gasteiger partial charge in [-0.25, -0.2) is 9.67 Å². The van der Waals surface area contributed by atoms with Gasteiger partial charge in [-0.15, -0.1) is 0 Å². The highest BCUT2D eigenvalue weighted by atomic mass is 32.1. The average molecular weight is 669 g/mol. The first-order chi connectivity index (χ1) is 22.1. The molecule has 1 unspecified atom stereocenters. The first-order valence-electron chi connectivity index (χ1n) is 14.4. The summed E-state index contributed by atoms with van der Waals surface area (Å²) < 4.78 is 39.4. The fraction of sp³-hybridized carbons (Fsp3) is 0.452. The highest BCUT2D eigenvalue weighted by molar-refractivity contribution is 7.79. The van der Waals surface area contributed by atoms with E-state index in [1.807, 2.05) is 17.3 Å². The molecule has 1 fully saturated rings. The summed E-state index contributed by atoms with van der Waals surface area (Å²) in [5.41, 5.74) is 3.29. The number of aldehydes is 2. The molecule has 15 heteroatoms. The van der Waals surface area contributed by atoms with Crippen LogP contribution in [0.25, 0.3) is 5.69 Å². The van der Waals surface area contributed by atoms with E-state index in [1.54, 1.807) is 56.4 Å². The van der Waals surface area contributed by atoms with Gasteiger partial charge in [-0.1, -0.05) is 0 Å². The predicted octanol–water partition coefficient (Wildman–Crippen LogP) is 3.78. The summed E-state index contributed by atoms with van der Waals surface area (Å²) >= 11 is 3.53. The maximum Gasteiger partial charge on any atom is 0.342 e. The molecule has 2 aromatic heterocycles. The van der Waals surface area contributed by atoms with Crippen LogP contribution in [0.2, 0.25) is 0 Å². The van der Waals surface area contributed by atoms with Crippen molar-refractivity contribution in [3.05, 3.63) is 71.6 Å². The third-order valence-corrected chi connectivity index (χ3v) is 6.75. The smallest absolute Gasteiger partial charge is 0.342 e. The molecular formula is C31H43F3N6O5S. The lowest BCUT2D eigenvalue weighted by atomic mass is 10.0. The first-order valence-corrected chi connectivity index (χ1v) is 15.3. The van der Waals surface area contributed by atoms with Crippen molar-refractivity contribution in [3.8, 4) is 11.4 Å². The number of aliphatic hydroxyl groups is 1. The van der Waals surface area contributed by atoms with Gasteiger partial charge >= 0.3 is 6.61 Å². The molecule has 1 atom stereocenters. The Labute approximate surface area is 273 Å². The molecule has 3 aromatic rings. The number of halogens is 3. The van der Waals surface area contributed by atoms with Crippen molar-refractivity contribution in [2.24, 2.45) is 0 Å². The molecule has 2 N–H and O–H groups in total. The van der Waals surface area contributed by atoms with E-state index in [2.05, 4.69) is 32.9 Å². The number of alkyl halides is 2. The Hall–Kier alpha value is -3.79. The second kappa shape index (κ2) is 22.7. The third kappa shape index (κ3) is 14.5. The lowest BCUT2D eigenvalue weighted by Gasteiger charge is -2.26. The third-order valence-electron chi connectivity index (χ3n) is 6.75. The van der Waals surface area contributed by atoms with E-state index in [0.717, 1.165) is 30.4 Å². The zero-order chi connectivity index (χ0) is 34.5. The number of thiol groups is 1. The lowest BCUT2D eigenvalue weighted by Crippen LogP contribution is -2.43. The molecule has 0 radical (unpaired) electrons. The fourth-order valence-corrected chi connectivity index (χ4v) is 4.57. The molecule has 0 aliphatic carbocycles. The quantitative estimate of drug-likeness (QED) is 0.150. The molecule has 1 aromatic carbocycles. The molecule has 46 heavy (non-hydrogen) atoms. The number of likely N-dealkylation sites (N-methyl/N-ethyl adjacent to an activating group) is 2. The van der Waals surface area contributed by atoms with Gasteiger partial charge in [0.05, 0.1) is 31.2 Å². The molecule has 0 bridgehead atoms. The van der Waals surface area contributed by atoms with E-state index in [-0.39, 0.29) is 5.91 Å². The van der Waals surface area contributed by atoms with Crippen molar-refractivity contribution in [2.75, 3.05) is 40.6 Å². The van der Waals surface area contributed by atoms with Crippen LogP contribution in [0.15, 0.2) is 48.9 Å². The van der Waals surface area contributed by atoms with Crippen molar-refractivity contribution in [1.29, 1.82) is 0 Å². The minimum atomic E-state index is -3.17. The van der Waals surface area contributed by atoms with Gasteiger partial charge in [0.15, 0.2) is 0 Å². The maximum atomic E-state index is 12.7. The van der Waals surface area contributed by atoms with E-state index in [9.17, 15) is 27.6 Å². The number of nitrogens with one attached hydrogen (secondary N) is 1. The summed E-state index contributed by atoms with van der Waals surface area (Å²) in [6, 6.07) is 7.78. The number of aliphatic hydroxyl groups excluding tert-OH is 1. The van der Waals surface area contributed by atoms with Gasteiger partial charge in [0.2, 0.25) is 11.9 Å². The molecule has 1 aliphatic rings. The van der Waals surface area contributed by atoms with Crippen molar-refractivity contribution < 1.29 is 37.4 Å². The summed E-state index contributed by atoms with van der Waals surface area (Å²) in [7, 11) is 4.91. The minimum absolute atomic E-state index is 0.153. The van der Waals surface area contributed by atoms with Crippen LogP contribution in [-0.4, -0.2) is 101 Å². The lowest BCUT2D eigenvalue weighted by molar-refractivity contribution is -0.126. The summed E-state index contributed by atoms with van der Waals surface area (Å²) in [6.07, 6.45) is 11.9. The number of aromatic nitrogens is 3. The standard InChI is InChI=1S/C16H22N2O4.C13H15FN4.CH2F2O.CH4S/c1-17-16(21)15(5-4-8-19)18(2)10-13-9-14(22-3)7-6-12(13)11-20;14-13-4-3-12(8-15-13)18-10-11(7-16-18)9-17-5-1-2-6-17;2-1(3)4;1-2/h6-9,11,15H,4-5,10H2,1-3H3,(H,17,21);3-4,7-8,10H,1-2,5-6,9H2;1,4H;2H,1H3. The van der Waals surface area contributed by atoms with Crippen LogP contribution in [0.4, 0.5) is 13.2 Å². The van der Waals surface area contributed by atoms with Crippen molar-refractivity contribution >= 4 is 31.1 Å². The Bertz CT molecular complexity index is 1310. The molecular weight excluding hydrogens is 625 g/mol. The number of rotatable bonds is 12. The largest absolute Gasteiger partial charge is 0.497 e. The Kier molecular flexibility index (Phi) is 19.8. The zero-order valence-electron chi connectivity index (χ0n) is 26.5. The van der Waals surface area contributed by atoms with E-state index in [1.165, 1.54) is 43.8 Å². The van der Waals surface area contributed by atoms with Crippen molar-refractivity contribution in [3.63, 3.8) is 0 Å². The monoisotopic (exact) mass is 668 g/mol. The van der Waals surface area contributed by atoms with Gasteiger partial charge in [0, 0.05) is 43.9 Å². The SMILES string of the molecule is CNC(=O)C(CCC=O)N(C)Cc1cc(OC)ccc1C=O.CS.Fc1ccc(-n2cc(CN3CCCC3)cn2)cn1.OC(F)F. The molecule has 4 rings (SSSR count). The number of carbonyl (C=O) groups excluding carboxylic acids is 3. The number of ether oxygens (including phenoxy) is 1. The van der Waals surface area contributed by atoms with Crippen LogP contribution >= 0.6 is 12.6 Å². The number of benzene rings is 1. The number of pyridine rings is 1. The van der Waals surface area contributed by atoms with E-state index < -0.39 is 18.6 Å². The molecule has 11 nitrogen and oxygen atoms in total. The Morgan fingerprint density at radius 3 is 2.39 bits per heavy atom. The highest BCUT2D eigenvalue weighted by Crippen LogP contribution is 2.20. The van der Waals surface area contributed by atoms with Gasteiger partial charge in [-0.2, -0.15) is 30.9 Å².